The van der Waals surface area contributed by atoms with Crippen LogP contribution < -0.4 is 0 Å². The Morgan fingerprint density at radius 2 is 1.60 bits per heavy atom. The summed E-state index contributed by atoms with van der Waals surface area (Å²) in [5, 5.41) is 0. The van der Waals surface area contributed by atoms with Crippen molar-refractivity contribution in [3.63, 3.8) is 0 Å². The maximum Gasteiger partial charge on any atom is 0.500 e. The molecule has 0 amide bonds. The van der Waals surface area contributed by atoms with Crippen LogP contribution in [-0.4, -0.2) is 53.2 Å². The molecule has 0 saturated carbocycles. The van der Waals surface area contributed by atoms with E-state index in [9.17, 15) is 4.79 Å². The Bertz CT molecular complexity index is 268. The summed E-state index contributed by atoms with van der Waals surface area (Å²) in [7, 11) is 2.42. The summed E-state index contributed by atoms with van der Waals surface area (Å²) in [6.07, 6.45) is 1.39. The number of rotatable bonds is 10. The van der Waals surface area contributed by atoms with E-state index in [1.165, 1.54) is 0 Å². The average molecular weight is 325 g/mol. The Morgan fingerprint density at radius 1 is 1.05 bits per heavy atom. The molecule has 0 fully saturated rings. The lowest BCUT2D eigenvalue weighted by Crippen LogP contribution is -2.42. The van der Waals surface area contributed by atoms with Crippen molar-refractivity contribution in [3.8, 4) is 0 Å². The molecule has 120 valence electrons. The van der Waals surface area contributed by atoms with Crippen LogP contribution in [0.4, 0.5) is 0 Å². The molecule has 0 atom stereocenters. The molecule has 7 heteroatoms. The Balaban J connectivity index is 3.70. The van der Waals surface area contributed by atoms with Crippen LogP contribution in [0.25, 0.3) is 0 Å². The van der Waals surface area contributed by atoms with E-state index >= 15 is 0 Å². The first-order chi connectivity index (χ1) is 9.28. The van der Waals surface area contributed by atoms with E-state index in [1.807, 2.05) is 20.8 Å². The molecule has 0 aromatic rings. The van der Waals surface area contributed by atoms with Crippen LogP contribution >= 0.6 is 11.8 Å². The van der Waals surface area contributed by atoms with Gasteiger partial charge in [0, 0.05) is 33.1 Å². The quantitative estimate of drug-likeness (QED) is 0.350. The zero-order chi connectivity index (χ0) is 15.6. The largest absolute Gasteiger partial charge is 0.500 e. The molecule has 0 aliphatic rings. The minimum atomic E-state index is -2.44. The van der Waals surface area contributed by atoms with Gasteiger partial charge in [0.05, 0.1) is 6.42 Å². The van der Waals surface area contributed by atoms with Crippen molar-refractivity contribution in [2.75, 3.05) is 32.8 Å². The van der Waals surface area contributed by atoms with Crippen molar-refractivity contribution in [1.82, 2.24) is 0 Å². The van der Waals surface area contributed by atoms with E-state index in [-0.39, 0.29) is 5.97 Å². The Morgan fingerprint density at radius 3 is 2.05 bits per heavy atom. The minimum Gasteiger partial charge on any atom is -0.460 e. The third-order valence-electron chi connectivity index (χ3n) is 2.58. The molecule has 0 bridgehead atoms. The highest BCUT2D eigenvalue weighted by Crippen LogP contribution is 2.18. The lowest BCUT2D eigenvalue weighted by atomic mass is 10.2. The molecular formula is C13H28O5SSi. The van der Waals surface area contributed by atoms with Crippen molar-refractivity contribution in [2.45, 2.75) is 45.3 Å². The smallest absolute Gasteiger partial charge is 0.460 e. The summed E-state index contributed by atoms with van der Waals surface area (Å²) < 4.78 is 21.3. The van der Waals surface area contributed by atoms with E-state index in [2.05, 4.69) is 0 Å². The van der Waals surface area contributed by atoms with Crippen LogP contribution in [0.3, 0.4) is 0 Å². The highest BCUT2D eigenvalue weighted by molar-refractivity contribution is 7.99. The minimum absolute atomic E-state index is 0.139. The first kappa shape index (κ1) is 19.9. The summed E-state index contributed by atoms with van der Waals surface area (Å²) in [5.41, 5.74) is -0.400. The summed E-state index contributed by atoms with van der Waals surface area (Å²) >= 11 is 1.73. The van der Waals surface area contributed by atoms with Gasteiger partial charge in [-0.05, 0) is 32.9 Å². The maximum atomic E-state index is 11.5. The number of carbonyl (C=O) groups is 1. The Hall–Kier alpha value is -0.0831. The zero-order valence-corrected chi connectivity index (χ0v) is 15.3. The molecule has 0 rings (SSSR count). The zero-order valence-electron chi connectivity index (χ0n) is 13.5. The fourth-order valence-electron chi connectivity index (χ4n) is 1.60. The van der Waals surface area contributed by atoms with Crippen molar-refractivity contribution in [3.05, 3.63) is 0 Å². The predicted molar refractivity (Wildman–Crippen MR) is 84.0 cm³/mol. The number of ether oxygens (including phenoxy) is 1. The molecule has 0 N–H and O–H groups in total. The van der Waals surface area contributed by atoms with E-state index in [4.69, 9.17) is 18.0 Å². The standard InChI is InChI=1S/C13H28O5SSi/c1-13(2,3)18-12(14)8-10-19-9-7-11-20(15-4,16-5)17-6/h7-11H2,1-6H3. The van der Waals surface area contributed by atoms with Gasteiger partial charge in [-0.1, -0.05) is 0 Å². The van der Waals surface area contributed by atoms with Crippen LogP contribution in [0.1, 0.15) is 33.6 Å². The summed E-state index contributed by atoms with van der Waals surface area (Å²) in [6, 6.07) is 0.788. The van der Waals surface area contributed by atoms with Crippen LogP contribution in [0.2, 0.25) is 6.04 Å². The lowest BCUT2D eigenvalue weighted by Gasteiger charge is -2.24. The molecule has 0 aromatic carbocycles. The first-order valence-corrected chi connectivity index (χ1v) is 9.82. The summed E-state index contributed by atoms with van der Waals surface area (Å²) in [5.74, 6) is 1.59. The van der Waals surface area contributed by atoms with E-state index in [0.29, 0.717) is 6.42 Å². The monoisotopic (exact) mass is 324 g/mol. The number of esters is 1. The first-order valence-electron chi connectivity index (χ1n) is 6.73. The van der Waals surface area contributed by atoms with Crippen LogP contribution in [0.15, 0.2) is 0 Å². The van der Waals surface area contributed by atoms with Gasteiger partial charge < -0.3 is 18.0 Å². The second-order valence-electron chi connectivity index (χ2n) is 5.35. The molecular weight excluding hydrogens is 296 g/mol. The van der Waals surface area contributed by atoms with Gasteiger partial charge in [-0.3, -0.25) is 4.79 Å². The molecule has 0 spiro atoms. The fourth-order valence-corrected chi connectivity index (χ4v) is 4.44. The van der Waals surface area contributed by atoms with Crippen molar-refractivity contribution in [2.24, 2.45) is 0 Å². The second-order valence-corrected chi connectivity index (χ2v) is 9.66. The number of hydrogen-bond acceptors (Lipinski definition) is 6. The van der Waals surface area contributed by atoms with Gasteiger partial charge >= 0.3 is 14.8 Å². The van der Waals surface area contributed by atoms with Gasteiger partial charge in [0.25, 0.3) is 0 Å². The van der Waals surface area contributed by atoms with E-state index < -0.39 is 14.4 Å². The van der Waals surface area contributed by atoms with Gasteiger partial charge in [0.1, 0.15) is 5.60 Å². The number of hydrogen-bond donors (Lipinski definition) is 0. The molecule has 0 aromatic heterocycles. The third-order valence-corrected chi connectivity index (χ3v) is 6.48. The normalized spacial score (nSPS) is 12.5. The van der Waals surface area contributed by atoms with Crippen molar-refractivity contribution >= 4 is 26.5 Å². The van der Waals surface area contributed by atoms with Gasteiger partial charge in [-0.25, -0.2) is 0 Å². The van der Waals surface area contributed by atoms with Crippen molar-refractivity contribution < 1.29 is 22.8 Å². The van der Waals surface area contributed by atoms with E-state index in [1.54, 1.807) is 33.1 Å². The van der Waals surface area contributed by atoms with Crippen LogP contribution in [-0.2, 0) is 22.8 Å². The van der Waals surface area contributed by atoms with Gasteiger partial charge in [-0.15, -0.1) is 0 Å². The average Bonchev–Trinajstić information content (AvgIpc) is 2.37. The van der Waals surface area contributed by atoms with Crippen LogP contribution in [0, 0.1) is 0 Å². The molecule has 0 aliphatic heterocycles. The topological polar surface area (TPSA) is 54.0 Å². The predicted octanol–water partition coefficient (Wildman–Crippen LogP) is 2.72. The molecule has 0 saturated heterocycles. The summed E-state index contributed by atoms with van der Waals surface area (Å²) in [6.45, 7) is 5.63. The maximum absolute atomic E-state index is 11.5. The van der Waals surface area contributed by atoms with Gasteiger partial charge in [0.2, 0.25) is 0 Å². The number of thioether (sulfide) groups is 1. The molecule has 0 unspecified atom stereocenters. The third kappa shape index (κ3) is 8.96. The second kappa shape index (κ2) is 9.78. The highest BCUT2D eigenvalue weighted by Gasteiger charge is 2.36. The molecule has 0 aliphatic carbocycles. The molecule has 0 radical (unpaired) electrons. The van der Waals surface area contributed by atoms with Crippen LogP contribution in [0.5, 0.6) is 0 Å². The lowest BCUT2D eigenvalue weighted by molar-refractivity contribution is -0.154. The van der Waals surface area contributed by atoms with E-state index in [0.717, 1.165) is 24.0 Å². The fraction of sp³-hybridized carbons (Fsp3) is 0.923. The number of carbonyl (C=O) groups excluding carboxylic acids is 1. The van der Waals surface area contributed by atoms with Gasteiger partial charge in [-0.2, -0.15) is 11.8 Å². The highest BCUT2D eigenvalue weighted by atomic mass is 32.2. The molecule has 0 heterocycles. The Kier molecular flexibility index (Phi) is 9.74. The molecule has 20 heavy (non-hydrogen) atoms. The van der Waals surface area contributed by atoms with Crippen molar-refractivity contribution in [1.29, 1.82) is 0 Å². The SMILES string of the molecule is CO[Si](CCCSCCC(=O)OC(C)(C)C)(OC)OC. The molecule has 5 nitrogen and oxygen atoms in total. The van der Waals surface area contributed by atoms with Gasteiger partial charge in [0.15, 0.2) is 0 Å². The Labute approximate surface area is 128 Å². The summed E-state index contributed by atoms with van der Waals surface area (Å²) in [4.78, 5) is 11.5.